The maximum atomic E-state index is 11.8. The van der Waals surface area contributed by atoms with E-state index in [2.05, 4.69) is 0 Å². The van der Waals surface area contributed by atoms with Gasteiger partial charge in [0.25, 0.3) is 11.6 Å². The Morgan fingerprint density at radius 1 is 1.53 bits per heavy atom. The summed E-state index contributed by atoms with van der Waals surface area (Å²) in [7, 11) is 0. The molecule has 0 aliphatic carbocycles. The Kier molecular flexibility index (Phi) is 2.71. The molecule has 0 radical (unpaired) electrons. The minimum absolute atomic E-state index is 0.0404. The average molecular weight is 236 g/mol. The highest BCUT2D eigenvalue weighted by Crippen LogP contribution is 2.36. The number of carbonyl (C=O) groups is 1. The Bertz CT molecular complexity index is 486. The number of fused-ring (bicyclic) bond motifs is 1. The third kappa shape index (κ3) is 1.82. The lowest BCUT2D eigenvalue weighted by atomic mass is 10.1. The second-order valence-corrected chi connectivity index (χ2v) is 3.75. The highest BCUT2D eigenvalue weighted by Gasteiger charge is 2.31. The molecule has 1 aliphatic rings. The van der Waals surface area contributed by atoms with Crippen molar-refractivity contribution < 1.29 is 14.5 Å². The van der Waals surface area contributed by atoms with Crippen LogP contribution in [0.4, 0.5) is 11.4 Å². The summed E-state index contributed by atoms with van der Waals surface area (Å²) in [5.41, 5.74) is 0.544. The fraction of sp³-hybridized carbons (Fsp3) is 0.364. The van der Waals surface area contributed by atoms with Crippen LogP contribution >= 0.6 is 0 Å². The second kappa shape index (κ2) is 4.04. The number of anilines is 1. The summed E-state index contributed by atoms with van der Waals surface area (Å²) in [6.07, 6.45) is -0.607. The molecule has 0 spiro atoms. The van der Waals surface area contributed by atoms with Crippen LogP contribution in [0.25, 0.3) is 0 Å². The van der Waals surface area contributed by atoms with E-state index >= 15 is 0 Å². The molecule has 1 amide bonds. The summed E-state index contributed by atoms with van der Waals surface area (Å²) in [4.78, 5) is 23.5. The summed E-state index contributed by atoms with van der Waals surface area (Å²) >= 11 is 0. The zero-order valence-electron chi connectivity index (χ0n) is 9.54. The quantitative estimate of drug-likeness (QED) is 0.579. The van der Waals surface area contributed by atoms with Gasteiger partial charge in [-0.2, -0.15) is 0 Å². The molecule has 17 heavy (non-hydrogen) atoms. The summed E-state index contributed by atoms with van der Waals surface area (Å²) in [6.45, 7) is 3.99. The largest absolute Gasteiger partial charge is 0.478 e. The van der Waals surface area contributed by atoms with E-state index in [1.165, 1.54) is 12.1 Å². The van der Waals surface area contributed by atoms with E-state index in [1.807, 2.05) is 6.92 Å². The number of amides is 1. The van der Waals surface area contributed by atoms with Gasteiger partial charge in [0.2, 0.25) is 0 Å². The molecule has 90 valence electrons. The third-order valence-electron chi connectivity index (χ3n) is 2.68. The van der Waals surface area contributed by atoms with Gasteiger partial charge in [-0.1, -0.05) is 0 Å². The molecule has 0 aromatic heterocycles. The standard InChI is InChI=1S/C11H12N2O4/c1-3-12-9-5-4-8(13(15)16)6-10(9)17-7(2)11(12)14/h4-7H,3H2,1-2H3/t7-/m0/s1. The van der Waals surface area contributed by atoms with Gasteiger partial charge in [0.05, 0.1) is 16.7 Å². The molecule has 1 aromatic carbocycles. The molecule has 1 atom stereocenters. The number of ether oxygens (including phenoxy) is 1. The predicted molar refractivity (Wildman–Crippen MR) is 61.2 cm³/mol. The number of non-ortho nitro benzene ring substituents is 1. The summed E-state index contributed by atoms with van der Waals surface area (Å²) in [5.74, 6) is 0.252. The van der Waals surface area contributed by atoms with E-state index in [-0.39, 0.29) is 11.6 Å². The monoisotopic (exact) mass is 236 g/mol. The number of hydrogen-bond donors (Lipinski definition) is 0. The Morgan fingerprint density at radius 2 is 2.24 bits per heavy atom. The number of nitrogens with zero attached hydrogens (tertiary/aromatic N) is 2. The molecule has 1 aromatic rings. The molecule has 6 nitrogen and oxygen atoms in total. The van der Waals surface area contributed by atoms with Gasteiger partial charge in [-0.25, -0.2) is 0 Å². The number of likely N-dealkylation sites (N-methyl/N-ethyl adjacent to an activating group) is 1. The summed E-state index contributed by atoms with van der Waals surface area (Å²) in [6, 6.07) is 4.26. The van der Waals surface area contributed by atoms with Crippen LogP contribution in [0, 0.1) is 10.1 Å². The van der Waals surface area contributed by atoms with Gasteiger partial charge < -0.3 is 9.64 Å². The van der Waals surface area contributed by atoms with Crippen molar-refractivity contribution in [1.29, 1.82) is 0 Å². The predicted octanol–water partition coefficient (Wildman–Crippen LogP) is 1.73. The highest BCUT2D eigenvalue weighted by molar-refractivity contribution is 5.99. The van der Waals surface area contributed by atoms with Gasteiger partial charge in [0.1, 0.15) is 0 Å². The van der Waals surface area contributed by atoms with Crippen LogP contribution < -0.4 is 9.64 Å². The summed E-state index contributed by atoms with van der Waals surface area (Å²) in [5, 5.41) is 10.7. The van der Waals surface area contributed by atoms with Crippen LogP contribution in [0.3, 0.4) is 0 Å². The fourth-order valence-electron chi connectivity index (χ4n) is 1.84. The van der Waals surface area contributed by atoms with Crippen LogP contribution in [-0.2, 0) is 4.79 Å². The van der Waals surface area contributed by atoms with Crippen LogP contribution in [0.2, 0.25) is 0 Å². The minimum atomic E-state index is -0.607. The molecule has 0 unspecified atom stereocenters. The minimum Gasteiger partial charge on any atom is -0.478 e. The molecule has 0 saturated carbocycles. The molecule has 2 rings (SSSR count). The second-order valence-electron chi connectivity index (χ2n) is 3.75. The lowest BCUT2D eigenvalue weighted by Crippen LogP contribution is -2.44. The van der Waals surface area contributed by atoms with Gasteiger partial charge in [0, 0.05) is 12.6 Å². The number of nitro groups is 1. The Hall–Kier alpha value is -2.11. The van der Waals surface area contributed by atoms with Crippen molar-refractivity contribution in [3.05, 3.63) is 28.3 Å². The topological polar surface area (TPSA) is 72.7 Å². The summed E-state index contributed by atoms with van der Waals surface area (Å²) < 4.78 is 5.37. The normalized spacial score (nSPS) is 18.6. The average Bonchev–Trinajstić information content (AvgIpc) is 2.30. The van der Waals surface area contributed by atoms with E-state index < -0.39 is 11.0 Å². The molecule has 1 aliphatic heterocycles. The first-order valence-corrected chi connectivity index (χ1v) is 5.31. The number of rotatable bonds is 2. The van der Waals surface area contributed by atoms with Crippen molar-refractivity contribution in [3.63, 3.8) is 0 Å². The number of benzene rings is 1. The van der Waals surface area contributed by atoms with Crippen molar-refractivity contribution >= 4 is 17.3 Å². The zero-order chi connectivity index (χ0) is 12.6. The third-order valence-corrected chi connectivity index (χ3v) is 2.68. The number of hydrogen-bond acceptors (Lipinski definition) is 4. The van der Waals surface area contributed by atoms with Crippen LogP contribution in [-0.4, -0.2) is 23.5 Å². The highest BCUT2D eigenvalue weighted by atomic mass is 16.6. The first-order chi connectivity index (χ1) is 8.04. The molecule has 6 heteroatoms. The fourth-order valence-corrected chi connectivity index (χ4v) is 1.84. The van der Waals surface area contributed by atoms with E-state index in [1.54, 1.807) is 17.9 Å². The number of carbonyl (C=O) groups excluding carboxylic acids is 1. The molecule has 0 bridgehead atoms. The molecule has 0 N–H and O–H groups in total. The van der Waals surface area contributed by atoms with Crippen LogP contribution in [0.5, 0.6) is 5.75 Å². The maximum absolute atomic E-state index is 11.8. The number of nitro benzene ring substituents is 1. The maximum Gasteiger partial charge on any atom is 0.273 e. The van der Waals surface area contributed by atoms with Gasteiger partial charge in [-0.05, 0) is 19.9 Å². The van der Waals surface area contributed by atoms with Crippen LogP contribution in [0.1, 0.15) is 13.8 Å². The Morgan fingerprint density at radius 3 is 2.82 bits per heavy atom. The van der Waals surface area contributed by atoms with Crippen molar-refractivity contribution in [2.45, 2.75) is 20.0 Å². The Balaban J connectivity index is 2.49. The zero-order valence-corrected chi connectivity index (χ0v) is 9.54. The Labute approximate surface area is 97.9 Å². The van der Waals surface area contributed by atoms with Crippen molar-refractivity contribution in [3.8, 4) is 5.75 Å². The van der Waals surface area contributed by atoms with Crippen molar-refractivity contribution in [1.82, 2.24) is 0 Å². The smallest absolute Gasteiger partial charge is 0.273 e. The van der Waals surface area contributed by atoms with E-state index in [9.17, 15) is 14.9 Å². The van der Waals surface area contributed by atoms with Crippen molar-refractivity contribution in [2.24, 2.45) is 0 Å². The first-order valence-electron chi connectivity index (χ1n) is 5.31. The van der Waals surface area contributed by atoms with E-state index in [0.717, 1.165) is 0 Å². The van der Waals surface area contributed by atoms with Gasteiger partial charge in [0.15, 0.2) is 11.9 Å². The first kappa shape index (κ1) is 11.4. The molecule has 0 saturated heterocycles. The molecular weight excluding hydrogens is 224 g/mol. The van der Waals surface area contributed by atoms with Gasteiger partial charge >= 0.3 is 0 Å². The SMILES string of the molecule is CCN1C(=O)[C@H](C)Oc2cc([N+](=O)[O-])ccc21. The van der Waals surface area contributed by atoms with Gasteiger partial charge in [-0.3, -0.25) is 14.9 Å². The van der Waals surface area contributed by atoms with Gasteiger partial charge in [-0.15, -0.1) is 0 Å². The molecular formula is C11H12N2O4. The lowest BCUT2D eigenvalue weighted by Gasteiger charge is -2.31. The van der Waals surface area contributed by atoms with Crippen molar-refractivity contribution in [2.75, 3.05) is 11.4 Å². The molecule has 0 fully saturated rings. The van der Waals surface area contributed by atoms with E-state index in [4.69, 9.17) is 4.74 Å². The molecule has 1 heterocycles. The lowest BCUT2D eigenvalue weighted by molar-refractivity contribution is -0.384. The van der Waals surface area contributed by atoms with E-state index in [0.29, 0.717) is 18.0 Å². The van der Waals surface area contributed by atoms with Crippen LogP contribution in [0.15, 0.2) is 18.2 Å².